The first-order chi connectivity index (χ1) is 32.0. The van der Waals surface area contributed by atoms with Crippen LogP contribution in [-0.2, 0) is 32.7 Å². The van der Waals surface area contributed by atoms with Gasteiger partial charge in [0.25, 0.3) is 0 Å². The lowest BCUT2D eigenvalue weighted by Crippen LogP contribution is -2.37. The molecule has 0 aliphatic carbocycles. The summed E-state index contributed by atoms with van der Waals surface area (Å²) in [5, 5.41) is 0. The molecule has 2 unspecified atom stereocenters. The van der Waals surface area contributed by atoms with E-state index in [0.717, 1.165) is 64.2 Å². The van der Waals surface area contributed by atoms with Gasteiger partial charge in [0.05, 0.1) is 27.7 Å². The largest absolute Gasteiger partial charge is 0.472 e. The summed E-state index contributed by atoms with van der Waals surface area (Å²) in [6.45, 7) is 4.30. The third-order valence-corrected chi connectivity index (χ3v) is 12.5. The highest BCUT2D eigenvalue weighted by atomic mass is 31.2. The zero-order valence-electron chi connectivity index (χ0n) is 43.4. The summed E-state index contributed by atoms with van der Waals surface area (Å²) >= 11 is 0. The molecular formula is C56H103NO8P+. The molecular weight excluding hydrogens is 846 g/mol. The number of unbranched alkanes of at least 4 members (excludes halogenated alkanes) is 25. The zero-order valence-corrected chi connectivity index (χ0v) is 44.3. The monoisotopic (exact) mass is 949 g/mol. The van der Waals surface area contributed by atoms with Crippen molar-refractivity contribution in [1.29, 1.82) is 0 Å². The molecule has 0 saturated carbocycles. The topological polar surface area (TPSA) is 108 Å². The molecule has 10 heteroatoms. The smallest absolute Gasteiger partial charge is 0.462 e. The van der Waals surface area contributed by atoms with Crippen molar-refractivity contribution in [3.05, 3.63) is 60.8 Å². The van der Waals surface area contributed by atoms with Crippen LogP contribution in [-0.4, -0.2) is 74.9 Å². The number of hydrogen-bond acceptors (Lipinski definition) is 7. The Balaban J connectivity index is 3.97. The summed E-state index contributed by atoms with van der Waals surface area (Å²) in [5.41, 5.74) is 0. The second kappa shape index (κ2) is 47.8. The van der Waals surface area contributed by atoms with Crippen molar-refractivity contribution in [3.63, 3.8) is 0 Å². The highest BCUT2D eigenvalue weighted by Crippen LogP contribution is 2.43. The number of carbonyl (C=O) groups is 2. The molecule has 0 saturated heterocycles. The molecule has 0 heterocycles. The molecule has 0 amide bonds. The van der Waals surface area contributed by atoms with Crippen LogP contribution in [0.4, 0.5) is 0 Å². The molecule has 0 radical (unpaired) electrons. The van der Waals surface area contributed by atoms with Crippen molar-refractivity contribution in [2.75, 3.05) is 47.5 Å². The van der Waals surface area contributed by atoms with E-state index >= 15 is 0 Å². The highest BCUT2D eigenvalue weighted by Gasteiger charge is 2.27. The Bertz CT molecular complexity index is 1300. The number of hydrogen-bond donors (Lipinski definition) is 1. The van der Waals surface area contributed by atoms with Gasteiger partial charge in [-0.2, -0.15) is 0 Å². The molecule has 0 spiro atoms. The first-order valence-electron chi connectivity index (χ1n) is 27.0. The van der Waals surface area contributed by atoms with Gasteiger partial charge in [-0.05, 0) is 57.8 Å². The van der Waals surface area contributed by atoms with Crippen LogP contribution < -0.4 is 0 Å². The Kier molecular flexibility index (Phi) is 46.1. The molecule has 2 atom stereocenters. The number of phosphoric acid groups is 1. The van der Waals surface area contributed by atoms with Crippen molar-refractivity contribution in [1.82, 2.24) is 0 Å². The Hall–Kier alpha value is -2.29. The first kappa shape index (κ1) is 63.7. The molecule has 1 N–H and O–H groups in total. The maximum absolute atomic E-state index is 12.7. The molecule has 0 aliphatic heterocycles. The van der Waals surface area contributed by atoms with Gasteiger partial charge in [0.15, 0.2) is 6.10 Å². The standard InChI is InChI=1S/C56H102NO8P/c1-6-8-10-12-14-16-17-18-19-20-21-22-23-24-25-26-27-28-29-30-31-32-33-34-35-36-37-38-39-41-43-45-47-49-56(59)65-54(53-64-66(60,61)63-51-50-57(3,4)5)52-62-55(58)48-46-44-42-40-15-13-11-9-7-2/h8,10,14,16,18-19,21-22,24-25,54H,6-7,9,11-13,15,17,20,23,26-53H2,1-5H3/p+1/b10-8-,16-14-,19-18-,22-21-,25-24-. The third-order valence-electron chi connectivity index (χ3n) is 11.6. The quantitative estimate of drug-likeness (QED) is 0.0211. The Morgan fingerprint density at radius 1 is 0.485 bits per heavy atom. The fourth-order valence-corrected chi connectivity index (χ4v) is 8.14. The first-order valence-corrected chi connectivity index (χ1v) is 28.5. The normalized spacial score (nSPS) is 13.8. The number of rotatable bonds is 49. The van der Waals surface area contributed by atoms with Crippen LogP contribution >= 0.6 is 7.82 Å². The molecule has 66 heavy (non-hydrogen) atoms. The molecule has 0 bridgehead atoms. The van der Waals surface area contributed by atoms with Gasteiger partial charge in [-0.25, -0.2) is 4.57 Å². The van der Waals surface area contributed by atoms with E-state index in [1.54, 1.807) is 0 Å². The van der Waals surface area contributed by atoms with E-state index in [9.17, 15) is 19.0 Å². The summed E-state index contributed by atoms with van der Waals surface area (Å²) in [4.78, 5) is 35.4. The fraction of sp³-hybridized carbons (Fsp3) is 0.786. The van der Waals surface area contributed by atoms with E-state index in [1.165, 1.54) is 135 Å². The molecule has 0 aromatic carbocycles. The minimum atomic E-state index is -4.37. The number of ether oxygens (including phenoxy) is 2. The van der Waals surface area contributed by atoms with Crippen molar-refractivity contribution in [2.45, 2.75) is 238 Å². The average Bonchev–Trinajstić information content (AvgIpc) is 3.27. The zero-order chi connectivity index (χ0) is 48.5. The van der Waals surface area contributed by atoms with Crippen molar-refractivity contribution in [2.24, 2.45) is 0 Å². The van der Waals surface area contributed by atoms with Crippen LogP contribution in [0.2, 0.25) is 0 Å². The third kappa shape index (κ3) is 51.1. The summed E-state index contributed by atoms with van der Waals surface area (Å²) in [6, 6.07) is 0. The predicted molar refractivity (Wildman–Crippen MR) is 279 cm³/mol. The summed E-state index contributed by atoms with van der Waals surface area (Å²) in [6.07, 6.45) is 60.2. The van der Waals surface area contributed by atoms with E-state index < -0.39 is 26.5 Å². The molecule has 0 fully saturated rings. The van der Waals surface area contributed by atoms with Crippen molar-refractivity contribution >= 4 is 19.8 Å². The predicted octanol–water partition coefficient (Wildman–Crippen LogP) is 16.4. The Morgan fingerprint density at radius 3 is 1.29 bits per heavy atom. The van der Waals surface area contributed by atoms with Gasteiger partial charge in [0.2, 0.25) is 0 Å². The fourth-order valence-electron chi connectivity index (χ4n) is 7.40. The summed E-state index contributed by atoms with van der Waals surface area (Å²) in [5.74, 6) is -0.795. The van der Waals surface area contributed by atoms with Crippen LogP contribution in [0.5, 0.6) is 0 Å². The van der Waals surface area contributed by atoms with E-state index in [-0.39, 0.29) is 25.6 Å². The van der Waals surface area contributed by atoms with Gasteiger partial charge in [-0.3, -0.25) is 18.6 Å². The van der Waals surface area contributed by atoms with E-state index in [4.69, 9.17) is 18.5 Å². The number of phosphoric ester groups is 1. The second-order valence-corrected chi connectivity index (χ2v) is 20.7. The number of nitrogens with zero attached hydrogens (tertiary/aromatic N) is 1. The number of esters is 2. The van der Waals surface area contributed by atoms with Crippen molar-refractivity contribution in [3.8, 4) is 0 Å². The number of quaternary nitrogens is 1. The van der Waals surface area contributed by atoms with Crippen LogP contribution in [0, 0.1) is 0 Å². The SMILES string of the molecule is CC/C=C\C/C=C\C/C=C\C/C=C\C/C=C\CCCCCCCCCCCCCCCCCCCC(=O)OC(COC(=O)CCCCCCCCCCC)COP(=O)(O)OCC[N+](C)(C)C. The van der Waals surface area contributed by atoms with Gasteiger partial charge in [-0.15, -0.1) is 0 Å². The lowest BCUT2D eigenvalue weighted by atomic mass is 10.0. The van der Waals surface area contributed by atoms with Crippen LogP contribution in [0.3, 0.4) is 0 Å². The molecule has 0 aromatic rings. The van der Waals surface area contributed by atoms with Crippen LogP contribution in [0.15, 0.2) is 60.8 Å². The minimum absolute atomic E-state index is 0.0325. The van der Waals surface area contributed by atoms with E-state index in [1.807, 2.05) is 21.1 Å². The van der Waals surface area contributed by atoms with Crippen molar-refractivity contribution < 1.29 is 42.1 Å². The second-order valence-electron chi connectivity index (χ2n) is 19.2. The van der Waals surface area contributed by atoms with E-state index in [0.29, 0.717) is 23.9 Å². The van der Waals surface area contributed by atoms with Gasteiger partial charge in [0, 0.05) is 12.8 Å². The highest BCUT2D eigenvalue weighted by molar-refractivity contribution is 7.47. The Labute approximate surface area is 406 Å². The van der Waals surface area contributed by atoms with Gasteiger partial charge in [-0.1, -0.05) is 222 Å². The minimum Gasteiger partial charge on any atom is -0.462 e. The lowest BCUT2D eigenvalue weighted by molar-refractivity contribution is -0.870. The van der Waals surface area contributed by atoms with Crippen LogP contribution in [0.25, 0.3) is 0 Å². The average molecular weight is 949 g/mol. The van der Waals surface area contributed by atoms with Crippen LogP contribution in [0.1, 0.15) is 232 Å². The molecule has 9 nitrogen and oxygen atoms in total. The molecule has 0 aliphatic rings. The lowest BCUT2D eigenvalue weighted by Gasteiger charge is -2.24. The molecule has 0 rings (SSSR count). The maximum Gasteiger partial charge on any atom is 0.472 e. The Morgan fingerprint density at radius 2 is 0.864 bits per heavy atom. The molecule has 0 aromatic heterocycles. The van der Waals surface area contributed by atoms with Gasteiger partial charge >= 0.3 is 19.8 Å². The maximum atomic E-state index is 12.7. The van der Waals surface area contributed by atoms with Gasteiger partial charge < -0.3 is 18.9 Å². The van der Waals surface area contributed by atoms with E-state index in [2.05, 4.69) is 74.6 Å². The summed E-state index contributed by atoms with van der Waals surface area (Å²) in [7, 11) is 1.48. The van der Waals surface area contributed by atoms with Gasteiger partial charge in [0.1, 0.15) is 19.8 Å². The number of likely N-dealkylation sites (N-methyl/N-ethyl adjacent to an activating group) is 1. The molecule has 384 valence electrons. The summed E-state index contributed by atoms with van der Waals surface area (Å²) < 4.78 is 34.4. The number of carbonyl (C=O) groups excluding carboxylic acids is 2. The number of allylic oxidation sites excluding steroid dienone is 10.